The van der Waals surface area contributed by atoms with E-state index >= 15 is 0 Å². The van der Waals surface area contributed by atoms with E-state index in [1.54, 1.807) is 0 Å². The lowest BCUT2D eigenvalue weighted by molar-refractivity contribution is -0.148. The molecule has 5 atom stereocenters. The van der Waals surface area contributed by atoms with Gasteiger partial charge in [-0.2, -0.15) is 0 Å². The van der Waals surface area contributed by atoms with Gasteiger partial charge in [0, 0.05) is 5.92 Å². The number of aliphatic carboxylic acids is 1. The van der Waals surface area contributed by atoms with Crippen LogP contribution >= 0.6 is 0 Å². The van der Waals surface area contributed by atoms with Gasteiger partial charge in [0.25, 0.3) is 8.32 Å². The summed E-state index contributed by atoms with van der Waals surface area (Å²) in [5, 5.41) is 33.8. The van der Waals surface area contributed by atoms with Crippen LogP contribution in [0.5, 0.6) is 0 Å². The molecule has 2 aromatic rings. The minimum Gasteiger partial charge on any atom is -0.480 e. The Labute approximate surface area is 190 Å². The van der Waals surface area contributed by atoms with E-state index in [-0.39, 0.29) is 5.04 Å². The third-order valence-corrected chi connectivity index (χ3v) is 12.3. The normalized spacial score (nSPS) is 29.5. The monoisotopic (exact) mass is 452 g/mol. The van der Waals surface area contributed by atoms with Crippen LogP contribution in [0.1, 0.15) is 34.6 Å². The zero-order valence-electron chi connectivity index (χ0n) is 19.2. The predicted molar refractivity (Wildman–Crippen MR) is 126 cm³/mol. The van der Waals surface area contributed by atoms with Crippen LogP contribution in [-0.4, -0.2) is 47.9 Å². The first-order valence-corrected chi connectivity index (χ1v) is 13.0. The average molecular weight is 453 g/mol. The van der Waals surface area contributed by atoms with Gasteiger partial charge in [-0.15, -0.1) is 0 Å². The number of allylic oxidation sites excluding steroid dienone is 1. The molecule has 2 fully saturated rings. The molecule has 170 valence electrons. The number of fused-ring (bicyclic) bond motifs is 1. The van der Waals surface area contributed by atoms with E-state index in [1.165, 1.54) is 0 Å². The molecule has 4 rings (SSSR count). The van der Waals surface area contributed by atoms with Crippen LogP contribution in [0.3, 0.4) is 0 Å². The van der Waals surface area contributed by atoms with Crippen LogP contribution in [0.25, 0.3) is 0 Å². The first-order chi connectivity index (χ1) is 15.0. The Kier molecular flexibility index (Phi) is 5.49. The topological polar surface area (TPSA) is 87.0 Å². The second kappa shape index (κ2) is 7.66. The minimum atomic E-state index is -3.02. The van der Waals surface area contributed by atoms with Gasteiger partial charge < -0.3 is 19.7 Å². The summed E-state index contributed by atoms with van der Waals surface area (Å²) < 4.78 is 7.06. The van der Waals surface area contributed by atoms with E-state index in [0.717, 1.165) is 15.9 Å². The van der Waals surface area contributed by atoms with Crippen molar-refractivity contribution in [2.75, 3.05) is 0 Å². The zero-order valence-corrected chi connectivity index (χ0v) is 20.2. The maximum Gasteiger partial charge on any atom is 0.317 e. The maximum absolute atomic E-state index is 12.3. The molecule has 0 spiro atoms. The van der Waals surface area contributed by atoms with Crippen molar-refractivity contribution in [1.29, 1.82) is 0 Å². The maximum atomic E-state index is 12.3. The Morgan fingerprint density at radius 1 is 0.938 bits per heavy atom. The van der Waals surface area contributed by atoms with E-state index < -0.39 is 43.9 Å². The fourth-order valence-corrected chi connectivity index (χ4v) is 10.6. The molecule has 2 saturated carbocycles. The molecule has 5 nitrogen and oxygen atoms in total. The van der Waals surface area contributed by atoms with Crippen LogP contribution in [-0.2, 0) is 9.22 Å². The van der Waals surface area contributed by atoms with Crippen LogP contribution < -0.4 is 10.4 Å². The summed E-state index contributed by atoms with van der Waals surface area (Å²) in [4.78, 5) is 12.3. The molecule has 2 aliphatic carbocycles. The van der Waals surface area contributed by atoms with Gasteiger partial charge in [-0.25, -0.2) is 0 Å². The molecule has 0 aliphatic heterocycles. The van der Waals surface area contributed by atoms with Gasteiger partial charge in [0.2, 0.25) is 0 Å². The van der Waals surface area contributed by atoms with Gasteiger partial charge in [0.05, 0.1) is 6.10 Å². The number of carboxylic acids is 1. The van der Waals surface area contributed by atoms with Crippen molar-refractivity contribution < 1.29 is 24.5 Å². The molecule has 0 saturated heterocycles. The number of aliphatic hydroxyl groups excluding tert-OH is 2. The highest BCUT2D eigenvalue weighted by atomic mass is 28.4. The van der Waals surface area contributed by atoms with Crippen molar-refractivity contribution >= 4 is 24.7 Å². The Morgan fingerprint density at radius 2 is 1.41 bits per heavy atom. The molecule has 0 amide bonds. The van der Waals surface area contributed by atoms with E-state index in [9.17, 15) is 20.1 Å². The van der Waals surface area contributed by atoms with Gasteiger partial charge in [-0.1, -0.05) is 87.0 Å². The van der Waals surface area contributed by atoms with Crippen LogP contribution in [0, 0.1) is 11.3 Å². The zero-order chi connectivity index (χ0) is 23.5. The van der Waals surface area contributed by atoms with Crippen LogP contribution in [0.4, 0.5) is 0 Å². The third-order valence-electron chi connectivity index (χ3n) is 7.24. The quantitative estimate of drug-likeness (QED) is 0.480. The molecule has 2 aromatic carbocycles. The van der Waals surface area contributed by atoms with Gasteiger partial charge in [-0.3, -0.25) is 4.79 Å². The SMILES string of the molecule is CC(C)=C1C2C(O[Si](c3ccccc3)(c3ccccc3)C(C)(C)C)C(O)C(O)C12C(=O)O. The summed E-state index contributed by atoms with van der Waals surface area (Å²) in [7, 11) is -3.02. The lowest BCUT2D eigenvalue weighted by Gasteiger charge is -2.45. The number of benzene rings is 2. The second-order valence-corrected chi connectivity index (χ2v) is 14.5. The van der Waals surface area contributed by atoms with Crippen molar-refractivity contribution in [2.24, 2.45) is 11.3 Å². The Bertz CT molecular complexity index is 999. The van der Waals surface area contributed by atoms with Crippen LogP contribution in [0.15, 0.2) is 71.8 Å². The van der Waals surface area contributed by atoms with E-state index in [1.807, 2.05) is 50.2 Å². The molecule has 0 bridgehead atoms. The summed E-state index contributed by atoms with van der Waals surface area (Å²) in [6, 6.07) is 20.1. The Morgan fingerprint density at radius 3 is 1.78 bits per heavy atom. The van der Waals surface area contributed by atoms with Gasteiger partial charge in [-0.05, 0) is 34.8 Å². The molecular weight excluding hydrogens is 420 g/mol. The molecule has 3 N–H and O–H groups in total. The number of carboxylic acid groups (broad SMARTS) is 1. The largest absolute Gasteiger partial charge is 0.480 e. The van der Waals surface area contributed by atoms with E-state index in [2.05, 4.69) is 45.0 Å². The summed E-state index contributed by atoms with van der Waals surface area (Å²) in [5.41, 5.74) is 0.0824. The lowest BCUT2D eigenvalue weighted by atomic mass is 9.96. The van der Waals surface area contributed by atoms with Crippen molar-refractivity contribution in [3.05, 3.63) is 71.8 Å². The number of rotatable bonds is 5. The molecular formula is C26H32O5Si. The van der Waals surface area contributed by atoms with E-state index in [4.69, 9.17) is 4.43 Å². The highest BCUT2D eigenvalue weighted by Crippen LogP contribution is 2.70. The standard InChI is InChI=1S/C26H32O5Si/c1-16(2)19-20-22(21(27)23(28)26(19,20)24(29)30)31-32(25(3,4)5,17-12-8-6-9-13-17)18-14-10-7-11-15-18/h6-15,20-23,27-28H,1-5H3,(H,29,30). The summed E-state index contributed by atoms with van der Waals surface area (Å²) >= 11 is 0. The number of hydrogen-bond acceptors (Lipinski definition) is 4. The molecule has 0 radical (unpaired) electrons. The predicted octanol–water partition coefficient (Wildman–Crippen LogP) is 2.70. The van der Waals surface area contributed by atoms with Gasteiger partial charge in [0.15, 0.2) is 0 Å². The fraction of sp³-hybridized carbons (Fsp3) is 0.423. The first kappa shape index (κ1) is 22.9. The summed E-state index contributed by atoms with van der Waals surface area (Å²) in [6.07, 6.45) is -3.49. The first-order valence-electron chi connectivity index (χ1n) is 11.1. The fourth-order valence-electron chi connectivity index (χ4n) is 5.92. The second-order valence-electron chi connectivity index (χ2n) is 10.2. The molecule has 5 unspecified atom stereocenters. The molecule has 32 heavy (non-hydrogen) atoms. The molecule has 6 heteroatoms. The van der Waals surface area contributed by atoms with Crippen molar-refractivity contribution in [1.82, 2.24) is 0 Å². The van der Waals surface area contributed by atoms with Crippen LogP contribution in [0.2, 0.25) is 5.04 Å². The van der Waals surface area contributed by atoms with Gasteiger partial charge in [0.1, 0.15) is 17.6 Å². The van der Waals surface area contributed by atoms with Crippen molar-refractivity contribution in [3.63, 3.8) is 0 Å². The third kappa shape index (κ3) is 2.97. The molecule has 0 heterocycles. The summed E-state index contributed by atoms with van der Waals surface area (Å²) in [6.45, 7) is 10.1. The van der Waals surface area contributed by atoms with E-state index in [0.29, 0.717) is 5.57 Å². The summed E-state index contributed by atoms with van der Waals surface area (Å²) in [5.74, 6) is -1.64. The minimum absolute atomic E-state index is 0.325. The Balaban J connectivity index is 1.92. The molecule has 0 aromatic heterocycles. The number of hydrogen-bond donors (Lipinski definition) is 3. The smallest absolute Gasteiger partial charge is 0.317 e. The van der Waals surface area contributed by atoms with Gasteiger partial charge >= 0.3 is 5.97 Å². The van der Waals surface area contributed by atoms with Crippen molar-refractivity contribution in [2.45, 2.75) is 58.0 Å². The highest BCUT2D eigenvalue weighted by Gasteiger charge is 2.80. The number of aliphatic hydroxyl groups is 2. The van der Waals surface area contributed by atoms with Crippen molar-refractivity contribution in [3.8, 4) is 0 Å². The Hall–Kier alpha value is -2.25. The lowest BCUT2D eigenvalue weighted by Crippen LogP contribution is -2.68. The number of carbonyl (C=O) groups is 1. The average Bonchev–Trinajstić information content (AvgIpc) is 3.40. The molecule has 2 aliphatic rings. The highest BCUT2D eigenvalue weighted by molar-refractivity contribution is 6.99.